The highest BCUT2D eigenvalue weighted by Crippen LogP contribution is 2.36. The van der Waals surface area contributed by atoms with Crippen LogP contribution in [-0.4, -0.2) is 122 Å². The van der Waals surface area contributed by atoms with Crippen LogP contribution in [0.5, 0.6) is 0 Å². The zero-order valence-electron chi connectivity index (χ0n) is 54.2. The van der Waals surface area contributed by atoms with Gasteiger partial charge in [-0.1, -0.05) is 273 Å². The minimum Gasteiger partial charge on any atom is -0.385 e. The van der Waals surface area contributed by atoms with Gasteiger partial charge in [0.25, 0.3) is 0 Å². The average Bonchev–Trinajstić information content (AvgIpc) is 0.850. The predicted octanol–water partition coefficient (Wildman–Crippen LogP) is 12.4. The summed E-state index contributed by atoms with van der Waals surface area (Å²) in [5.74, 6) is 0. The van der Waals surface area contributed by atoms with Crippen molar-refractivity contribution >= 4 is 0 Å². The van der Waals surface area contributed by atoms with Gasteiger partial charge in [0.15, 0.2) is 18.9 Å². The van der Waals surface area contributed by atoms with Gasteiger partial charge in [-0.25, -0.2) is 0 Å². The molecule has 15 atom stereocenters. The largest absolute Gasteiger partial charge is 0.385 e. The molecule has 0 bridgehead atoms. The number of aliphatic hydroxyl groups is 2. The van der Waals surface area contributed by atoms with E-state index in [0.717, 1.165) is 50.1 Å². The fraction of sp³-hybridized carbons (Fsp3) is 0.333. The molecule has 12 rings (SSSR count). The van der Waals surface area contributed by atoms with Crippen LogP contribution in [-0.2, 0) is 126 Å². The van der Waals surface area contributed by atoms with E-state index in [1.54, 1.807) is 0 Å². The standard InChI is InChI=1S/C81H86O16/c82-70-74(88-50-62-36-18-5-19-37-62)71(85-47-59-30-12-2-13-31-59)67(55-84-46-58-28-10-1-11-29-58)96-80(70)93-57-69-73(87-49-61-34-16-4-17-35-61)76(90-52-64-40-22-7-23-41-64)78(92-54-66-44-26-9-27-45-66)81(97-69)94-56-68-72(86-48-60-32-14-3-15-33-60)75(89-51-63-38-20-6-21-39-63)77(79(83)95-68)91-53-65-42-24-8-25-43-65/h1-45,67-83H,46-57H2/t67-,68-,69-,70+,71-,72-,73-,74-,75+,76+,77+,78+,79+,80-,81+/m1/s1. The zero-order valence-corrected chi connectivity index (χ0v) is 54.2. The minimum atomic E-state index is -1.50. The Bertz CT molecular complexity index is 3600. The van der Waals surface area contributed by atoms with E-state index in [1.165, 1.54) is 0 Å². The van der Waals surface area contributed by atoms with Gasteiger partial charge in [0.1, 0.15) is 73.2 Å². The Morgan fingerprint density at radius 1 is 0.216 bits per heavy atom. The molecule has 0 saturated carbocycles. The topological polar surface area (TPSA) is 170 Å². The Morgan fingerprint density at radius 3 is 0.804 bits per heavy atom. The first-order valence-electron chi connectivity index (χ1n) is 33.4. The number of hydrogen-bond donors (Lipinski definition) is 2. The summed E-state index contributed by atoms with van der Waals surface area (Å²) < 4.78 is 96.7. The maximum Gasteiger partial charge on any atom is 0.187 e. The van der Waals surface area contributed by atoms with Crippen molar-refractivity contribution in [1.29, 1.82) is 0 Å². The summed E-state index contributed by atoms with van der Waals surface area (Å²) in [6.45, 7) is 1.23. The summed E-state index contributed by atoms with van der Waals surface area (Å²) in [6, 6.07) is 88.5. The van der Waals surface area contributed by atoms with Gasteiger partial charge in [0.2, 0.25) is 0 Å². The van der Waals surface area contributed by atoms with Crippen LogP contribution in [0.2, 0.25) is 0 Å². The molecule has 2 N–H and O–H groups in total. The van der Waals surface area contributed by atoms with Crippen molar-refractivity contribution < 1.29 is 76.5 Å². The molecule has 3 fully saturated rings. The fourth-order valence-electron chi connectivity index (χ4n) is 12.3. The fourth-order valence-corrected chi connectivity index (χ4v) is 12.3. The third-order valence-electron chi connectivity index (χ3n) is 17.3. The van der Waals surface area contributed by atoms with Crippen LogP contribution in [0.1, 0.15) is 50.1 Å². The number of hydrogen-bond acceptors (Lipinski definition) is 16. The molecule has 16 heteroatoms. The number of rotatable bonds is 34. The van der Waals surface area contributed by atoms with Crippen molar-refractivity contribution in [2.45, 2.75) is 152 Å². The van der Waals surface area contributed by atoms with Gasteiger partial charge in [-0.3, -0.25) is 0 Å². The van der Waals surface area contributed by atoms with Crippen molar-refractivity contribution in [3.05, 3.63) is 323 Å². The number of benzene rings is 9. The number of ether oxygens (including phenoxy) is 14. The van der Waals surface area contributed by atoms with E-state index < -0.39 is 92.1 Å². The lowest BCUT2D eigenvalue weighted by Gasteiger charge is -2.48. The van der Waals surface area contributed by atoms with Crippen molar-refractivity contribution in [3.63, 3.8) is 0 Å². The highest BCUT2D eigenvalue weighted by Gasteiger charge is 2.54. The lowest BCUT2D eigenvalue weighted by Crippen LogP contribution is -2.64. The molecule has 3 aliphatic heterocycles. The maximum absolute atomic E-state index is 12.8. The zero-order chi connectivity index (χ0) is 66.1. The van der Waals surface area contributed by atoms with Gasteiger partial charge in [-0.05, 0) is 50.1 Å². The van der Waals surface area contributed by atoms with Crippen molar-refractivity contribution in [2.24, 2.45) is 0 Å². The van der Waals surface area contributed by atoms with Crippen LogP contribution in [0.4, 0.5) is 0 Å². The third-order valence-corrected chi connectivity index (χ3v) is 17.3. The Kier molecular flexibility index (Phi) is 26.3. The average molecular weight is 1320 g/mol. The molecule has 0 unspecified atom stereocenters. The summed E-state index contributed by atoms with van der Waals surface area (Å²) in [7, 11) is 0. The Balaban J connectivity index is 0.885. The van der Waals surface area contributed by atoms with Gasteiger partial charge in [-0.15, -0.1) is 0 Å². The van der Waals surface area contributed by atoms with Crippen molar-refractivity contribution in [3.8, 4) is 0 Å². The highest BCUT2D eigenvalue weighted by atomic mass is 16.8. The third kappa shape index (κ3) is 20.2. The van der Waals surface area contributed by atoms with Crippen LogP contribution in [0.25, 0.3) is 0 Å². The number of aliphatic hydroxyl groups excluding tert-OH is 2. The summed E-state index contributed by atoms with van der Waals surface area (Å²) in [5.41, 5.74) is 8.23. The monoisotopic (exact) mass is 1310 g/mol. The summed E-state index contributed by atoms with van der Waals surface area (Å²) in [4.78, 5) is 0. The van der Waals surface area contributed by atoms with E-state index in [-0.39, 0.29) is 72.7 Å². The molecule has 0 aliphatic carbocycles. The smallest absolute Gasteiger partial charge is 0.187 e. The van der Waals surface area contributed by atoms with E-state index in [0.29, 0.717) is 6.61 Å². The SMILES string of the molecule is O[C@@H]1[C@H](OC[C@H]2O[C@H](OC[C@H]3O[C@H](O)[C@@H](OCc4ccccc4)[C@@H](OCc4ccccc4)[C@@H]3OCc3ccccc3)[C@@H](OCc3ccccc3)[C@@H](OCc3ccccc3)[C@@H]2OCc2ccccc2)O[C@H](COCc2ccccc2)[C@@H](OCc2ccccc2)[C@@H]1OCc1ccccc1. The van der Waals surface area contributed by atoms with Gasteiger partial charge in [-0.2, -0.15) is 0 Å². The van der Waals surface area contributed by atoms with Gasteiger partial charge in [0, 0.05) is 0 Å². The minimum absolute atomic E-state index is 0.0622. The molecule has 0 aromatic heterocycles. The molecular weight excluding hydrogens is 1230 g/mol. The Morgan fingerprint density at radius 2 is 0.454 bits per heavy atom. The van der Waals surface area contributed by atoms with Crippen LogP contribution in [0, 0.1) is 0 Å². The molecule has 0 spiro atoms. The molecule has 16 nitrogen and oxygen atoms in total. The Hall–Kier alpha value is -7.66. The first kappa shape index (κ1) is 69.2. The van der Waals surface area contributed by atoms with Gasteiger partial charge < -0.3 is 76.5 Å². The van der Waals surface area contributed by atoms with Crippen molar-refractivity contribution in [2.75, 3.05) is 19.8 Å². The molecule has 97 heavy (non-hydrogen) atoms. The highest BCUT2D eigenvalue weighted by molar-refractivity contribution is 5.21. The molecular formula is C81H86O16. The van der Waals surface area contributed by atoms with Crippen LogP contribution < -0.4 is 0 Å². The molecule has 9 aromatic rings. The normalized spacial score (nSPS) is 25.7. The second-order valence-electron chi connectivity index (χ2n) is 24.4. The molecule has 3 aliphatic rings. The van der Waals surface area contributed by atoms with Crippen LogP contribution in [0.15, 0.2) is 273 Å². The molecule has 506 valence electrons. The first-order chi connectivity index (χ1) is 47.9. The second kappa shape index (κ2) is 36.8. The van der Waals surface area contributed by atoms with Gasteiger partial charge in [0.05, 0.1) is 79.3 Å². The molecule has 9 aromatic carbocycles. The maximum atomic E-state index is 12.8. The molecule has 3 saturated heterocycles. The first-order valence-corrected chi connectivity index (χ1v) is 33.4. The predicted molar refractivity (Wildman–Crippen MR) is 362 cm³/mol. The lowest BCUT2D eigenvalue weighted by molar-refractivity contribution is -0.359. The summed E-state index contributed by atoms with van der Waals surface area (Å²) >= 11 is 0. The summed E-state index contributed by atoms with van der Waals surface area (Å²) in [5, 5.41) is 25.1. The van der Waals surface area contributed by atoms with E-state index in [4.69, 9.17) is 66.3 Å². The van der Waals surface area contributed by atoms with Crippen molar-refractivity contribution in [1.82, 2.24) is 0 Å². The van der Waals surface area contributed by atoms with E-state index >= 15 is 0 Å². The van der Waals surface area contributed by atoms with Gasteiger partial charge >= 0.3 is 0 Å². The van der Waals surface area contributed by atoms with Crippen LogP contribution >= 0.6 is 0 Å². The molecule has 0 amide bonds. The lowest BCUT2D eigenvalue weighted by atomic mass is 9.96. The molecule has 3 heterocycles. The van der Waals surface area contributed by atoms with E-state index in [1.807, 2.05) is 273 Å². The van der Waals surface area contributed by atoms with E-state index in [2.05, 4.69) is 0 Å². The quantitative estimate of drug-likeness (QED) is 0.0390. The van der Waals surface area contributed by atoms with Crippen LogP contribution in [0.3, 0.4) is 0 Å². The Labute approximate surface area is 568 Å². The van der Waals surface area contributed by atoms with E-state index in [9.17, 15) is 10.2 Å². The molecule has 0 radical (unpaired) electrons. The second-order valence-corrected chi connectivity index (χ2v) is 24.4. The summed E-state index contributed by atoms with van der Waals surface area (Å²) in [6.07, 6.45) is -15.7.